The minimum atomic E-state index is 0.219. The molecule has 3 rings (SSSR count). The van der Waals surface area contributed by atoms with E-state index in [-0.39, 0.29) is 6.61 Å². The molecule has 1 aliphatic heterocycles. The van der Waals surface area contributed by atoms with Gasteiger partial charge < -0.3 is 9.67 Å². The molecule has 0 atom stereocenters. The van der Waals surface area contributed by atoms with E-state index in [1.165, 1.54) is 24.3 Å². The summed E-state index contributed by atoms with van der Waals surface area (Å²) in [6.07, 6.45) is 6.01. The fraction of sp³-hybridized carbons (Fsp3) is 0.600. The summed E-state index contributed by atoms with van der Waals surface area (Å²) in [6, 6.07) is 3.96. The molecule has 5 heteroatoms. The molecule has 0 saturated carbocycles. The largest absolute Gasteiger partial charge is 0.396 e. The van der Waals surface area contributed by atoms with Crippen LogP contribution in [0.5, 0.6) is 0 Å². The van der Waals surface area contributed by atoms with Crippen LogP contribution < -0.4 is 0 Å². The normalized spacial score (nSPS) is 16.9. The third-order valence-corrected chi connectivity index (χ3v) is 4.97. The number of aromatic nitrogens is 3. The molecule has 108 valence electrons. The number of pyridine rings is 1. The molecule has 1 N–H and O–H groups in total. The van der Waals surface area contributed by atoms with Gasteiger partial charge in [-0.05, 0) is 48.8 Å². The quantitative estimate of drug-likeness (QED) is 0.919. The number of aryl methyl sites for hydroxylation is 1. The highest BCUT2D eigenvalue weighted by atomic mass is 32.2. The lowest BCUT2D eigenvalue weighted by atomic mass is 10.0. The Morgan fingerprint density at radius 2 is 2.20 bits per heavy atom. The monoisotopic (exact) mass is 291 g/mol. The molecule has 0 amide bonds. The molecule has 0 radical (unpaired) electrons. The molecule has 0 aromatic carbocycles. The van der Waals surface area contributed by atoms with Crippen molar-refractivity contribution in [3.8, 4) is 0 Å². The molecule has 0 unspecified atom stereocenters. The van der Waals surface area contributed by atoms with Gasteiger partial charge in [-0.2, -0.15) is 11.8 Å². The molecule has 2 aromatic heterocycles. The van der Waals surface area contributed by atoms with Gasteiger partial charge in [-0.3, -0.25) is 0 Å². The molecule has 4 nitrogen and oxygen atoms in total. The molecule has 20 heavy (non-hydrogen) atoms. The number of nitrogens with zero attached hydrogens (tertiary/aromatic N) is 3. The summed E-state index contributed by atoms with van der Waals surface area (Å²) < 4.78 is 2.28. The molecule has 0 bridgehead atoms. The fourth-order valence-corrected chi connectivity index (χ4v) is 4.02. The lowest BCUT2D eigenvalue weighted by molar-refractivity contribution is 0.286. The first kappa shape index (κ1) is 13.9. The predicted molar refractivity (Wildman–Crippen MR) is 83.0 cm³/mol. The number of aliphatic hydroxyl groups excluding tert-OH is 1. The number of hydrogen-bond acceptors (Lipinski definition) is 4. The first-order chi connectivity index (χ1) is 9.88. The van der Waals surface area contributed by atoms with Crippen LogP contribution in [-0.2, 0) is 13.0 Å². The predicted octanol–water partition coefficient (Wildman–Crippen LogP) is 2.50. The van der Waals surface area contributed by atoms with E-state index in [4.69, 9.17) is 10.1 Å². The molecule has 0 spiro atoms. The zero-order valence-electron chi connectivity index (χ0n) is 11.7. The third kappa shape index (κ3) is 2.99. The van der Waals surface area contributed by atoms with Crippen molar-refractivity contribution in [1.29, 1.82) is 0 Å². The minimum Gasteiger partial charge on any atom is -0.396 e. The van der Waals surface area contributed by atoms with Crippen LogP contribution in [0.1, 0.15) is 25.1 Å². The van der Waals surface area contributed by atoms with Crippen LogP contribution in [0.3, 0.4) is 0 Å². The van der Waals surface area contributed by atoms with Crippen LogP contribution in [0.15, 0.2) is 18.3 Å². The van der Waals surface area contributed by atoms with E-state index in [2.05, 4.69) is 21.3 Å². The average molecular weight is 291 g/mol. The van der Waals surface area contributed by atoms with E-state index in [9.17, 15) is 0 Å². The lowest BCUT2D eigenvalue weighted by Crippen LogP contribution is -2.18. The molecular weight excluding hydrogens is 270 g/mol. The van der Waals surface area contributed by atoms with Crippen LogP contribution in [0.25, 0.3) is 11.2 Å². The maximum absolute atomic E-state index is 9.06. The van der Waals surface area contributed by atoms with Gasteiger partial charge in [0.2, 0.25) is 0 Å². The summed E-state index contributed by atoms with van der Waals surface area (Å²) in [5.74, 6) is 4.36. The Kier molecular flexibility index (Phi) is 4.58. The smallest absolute Gasteiger partial charge is 0.159 e. The van der Waals surface area contributed by atoms with Crippen molar-refractivity contribution >= 4 is 22.9 Å². The van der Waals surface area contributed by atoms with Crippen LogP contribution in [-0.4, -0.2) is 37.8 Å². The molecule has 1 saturated heterocycles. The molecular formula is C15H21N3OS. The van der Waals surface area contributed by atoms with Crippen molar-refractivity contribution in [2.45, 2.75) is 32.2 Å². The third-order valence-electron chi connectivity index (χ3n) is 3.92. The molecule has 2 aromatic rings. The Hall–Kier alpha value is -1.07. The fourth-order valence-electron chi connectivity index (χ4n) is 2.81. The average Bonchev–Trinajstić information content (AvgIpc) is 2.84. The number of fused-ring (bicyclic) bond motifs is 1. The topological polar surface area (TPSA) is 50.9 Å². The summed E-state index contributed by atoms with van der Waals surface area (Å²) in [5.41, 5.74) is 1.98. The highest BCUT2D eigenvalue weighted by Crippen LogP contribution is 2.26. The van der Waals surface area contributed by atoms with Crippen molar-refractivity contribution in [2.75, 3.05) is 18.1 Å². The van der Waals surface area contributed by atoms with Gasteiger partial charge in [0.25, 0.3) is 0 Å². The maximum Gasteiger partial charge on any atom is 0.159 e. The molecule has 0 aliphatic carbocycles. The summed E-state index contributed by atoms with van der Waals surface area (Å²) >= 11 is 2.06. The highest BCUT2D eigenvalue weighted by Gasteiger charge is 2.18. The second-order valence-corrected chi connectivity index (χ2v) is 6.59. The van der Waals surface area contributed by atoms with E-state index in [1.807, 2.05) is 18.3 Å². The minimum absolute atomic E-state index is 0.219. The van der Waals surface area contributed by atoms with Crippen molar-refractivity contribution in [3.05, 3.63) is 24.2 Å². The number of imidazole rings is 1. The van der Waals surface area contributed by atoms with Crippen LogP contribution in [0.2, 0.25) is 0 Å². The lowest BCUT2D eigenvalue weighted by Gasteiger charge is -2.22. The Balaban J connectivity index is 1.88. The number of hydrogen-bond donors (Lipinski definition) is 1. The van der Waals surface area contributed by atoms with Crippen molar-refractivity contribution in [1.82, 2.24) is 14.5 Å². The van der Waals surface area contributed by atoms with Gasteiger partial charge >= 0.3 is 0 Å². The second kappa shape index (κ2) is 6.59. The highest BCUT2D eigenvalue weighted by molar-refractivity contribution is 7.99. The van der Waals surface area contributed by atoms with E-state index in [1.54, 1.807) is 0 Å². The number of aliphatic hydroxyl groups is 1. The first-order valence-corrected chi connectivity index (χ1v) is 8.52. The van der Waals surface area contributed by atoms with Crippen molar-refractivity contribution < 1.29 is 5.11 Å². The van der Waals surface area contributed by atoms with Gasteiger partial charge in [0, 0.05) is 25.8 Å². The van der Waals surface area contributed by atoms with Crippen LogP contribution in [0, 0.1) is 5.92 Å². The van der Waals surface area contributed by atoms with Gasteiger partial charge in [-0.15, -0.1) is 0 Å². The van der Waals surface area contributed by atoms with E-state index >= 15 is 0 Å². The van der Waals surface area contributed by atoms with Gasteiger partial charge in [-0.25, -0.2) is 9.97 Å². The number of thioether (sulfide) groups is 1. The van der Waals surface area contributed by atoms with Crippen LogP contribution >= 0.6 is 11.8 Å². The number of rotatable bonds is 5. The standard InChI is InChI=1S/C15H21N3OS/c19-8-2-4-14-17-13-3-1-7-16-15(13)18(14)11-12-5-9-20-10-6-12/h1,3,7,12,19H,2,4-6,8-11H2. The summed E-state index contributed by atoms with van der Waals surface area (Å²) in [4.78, 5) is 9.21. The van der Waals surface area contributed by atoms with Gasteiger partial charge in [0.05, 0.1) is 0 Å². The zero-order chi connectivity index (χ0) is 13.8. The Morgan fingerprint density at radius 1 is 1.35 bits per heavy atom. The second-order valence-electron chi connectivity index (χ2n) is 5.37. The summed E-state index contributed by atoms with van der Waals surface area (Å²) in [7, 11) is 0. The van der Waals surface area contributed by atoms with Gasteiger partial charge in [0.15, 0.2) is 5.65 Å². The Morgan fingerprint density at radius 3 is 3.00 bits per heavy atom. The van der Waals surface area contributed by atoms with Gasteiger partial charge in [-0.1, -0.05) is 0 Å². The van der Waals surface area contributed by atoms with Gasteiger partial charge in [0.1, 0.15) is 11.3 Å². The van der Waals surface area contributed by atoms with E-state index in [0.717, 1.165) is 42.3 Å². The van der Waals surface area contributed by atoms with Crippen molar-refractivity contribution in [2.24, 2.45) is 5.92 Å². The molecule has 1 fully saturated rings. The Labute approximate surface area is 123 Å². The van der Waals surface area contributed by atoms with E-state index < -0.39 is 0 Å². The summed E-state index contributed by atoms with van der Waals surface area (Å²) in [6.45, 7) is 1.24. The van der Waals surface area contributed by atoms with Crippen LogP contribution in [0.4, 0.5) is 0 Å². The SMILES string of the molecule is OCCCc1nc2cccnc2n1CC1CCSCC1. The molecule has 3 heterocycles. The zero-order valence-corrected chi connectivity index (χ0v) is 12.5. The molecule has 1 aliphatic rings. The maximum atomic E-state index is 9.06. The Bertz CT molecular complexity index is 563. The van der Waals surface area contributed by atoms with Crippen molar-refractivity contribution in [3.63, 3.8) is 0 Å². The first-order valence-electron chi connectivity index (χ1n) is 7.37. The summed E-state index contributed by atoms with van der Waals surface area (Å²) in [5, 5.41) is 9.06. The van der Waals surface area contributed by atoms with E-state index in [0.29, 0.717) is 0 Å².